The first-order chi connectivity index (χ1) is 14.5. The molecule has 0 aliphatic carbocycles. The fourth-order valence-corrected chi connectivity index (χ4v) is 3.44. The molecule has 158 valence electrons. The van der Waals surface area contributed by atoms with Crippen LogP contribution >= 0.6 is 11.8 Å². The average molecular weight is 428 g/mol. The lowest BCUT2D eigenvalue weighted by molar-refractivity contribution is -0.113. The summed E-state index contributed by atoms with van der Waals surface area (Å²) in [5.74, 6) is 2.01. The van der Waals surface area contributed by atoms with Crippen molar-refractivity contribution in [1.29, 1.82) is 0 Å². The minimum atomic E-state index is -0.172. The van der Waals surface area contributed by atoms with Crippen molar-refractivity contribution in [1.82, 2.24) is 14.8 Å². The van der Waals surface area contributed by atoms with Gasteiger partial charge in [-0.25, -0.2) is 0 Å². The SMILES string of the molecule is COc1ccc(OC)c(NC(=O)CSc2nnc(CNc3ccc(C)cc3)n2C)c1. The van der Waals surface area contributed by atoms with Gasteiger partial charge in [-0.3, -0.25) is 4.79 Å². The molecule has 0 atom stereocenters. The number of anilines is 2. The Morgan fingerprint density at radius 3 is 2.57 bits per heavy atom. The average Bonchev–Trinajstić information content (AvgIpc) is 3.11. The Labute approximate surface area is 180 Å². The van der Waals surface area contributed by atoms with Gasteiger partial charge in [0.15, 0.2) is 11.0 Å². The van der Waals surface area contributed by atoms with Crippen LogP contribution in [0.4, 0.5) is 11.4 Å². The molecule has 0 unspecified atom stereocenters. The maximum Gasteiger partial charge on any atom is 0.234 e. The Morgan fingerprint density at radius 2 is 1.87 bits per heavy atom. The number of benzene rings is 2. The van der Waals surface area contributed by atoms with E-state index in [1.54, 1.807) is 32.4 Å². The molecular weight excluding hydrogens is 402 g/mol. The second kappa shape index (κ2) is 10.0. The van der Waals surface area contributed by atoms with Gasteiger partial charge in [-0.15, -0.1) is 10.2 Å². The first-order valence-electron chi connectivity index (χ1n) is 9.33. The molecule has 2 aromatic carbocycles. The van der Waals surface area contributed by atoms with E-state index < -0.39 is 0 Å². The molecular formula is C21H25N5O3S. The van der Waals surface area contributed by atoms with E-state index >= 15 is 0 Å². The monoisotopic (exact) mass is 427 g/mol. The second-order valence-corrected chi connectivity index (χ2v) is 7.52. The topological polar surface area (TPSA) is 90.3 Å². The van der Waals surface area contributed by atoms with Gasteiger partial charge in [0, 0.05) is 18.8 Å². The highest BCUT2D eigenvalue weighted by atomic mass is 32.2. The van der Waals surface area contributed by atoms with Crippen molar-refractivity contribution in [3.63, 3.8) is 0 Å². The molecule has 0 aliphatic heterocycles. The smallest absolute Gasteiger partial charge is 0.234 e. The van der Waals surface area contributed by atoms with Crippen LogP contribution in [0.5, 0.6) is 11.5 Å². The van der Waals surface area contributed by atoms with Gasteiger partial charge in [0.2, 0.25) is 5.91 Å². The van der Waals surface area contributed by atoms with Crippen LogP contribution in [0.25, 0.3) is 0 Å². The number of aromatic nitrogens is 3. The standard InChI is InChI=1S/C21H25N5O3S/c1-14-5-7-15(8-6-14)22-12-19-24-25-21(26(19)2)30-13-20(27)23-17-11-16(28-3)9-10-18(17)29-4/h5-11,22H,12-13H2,1-4H3,(H,23,27). The summed E-state index contributed by atoms with van der Waals surface area (Å²) in [6.45, 7) is 2.59. The number of amides is 1. The molecule has 9 heteroatoms. The molecule has 3 aromatic rings. The van der Waals surface area contributed by atoms with Crippen molar-refractivity contribution in [2.75, 3.05) is 30.6 Å². The normalized spacial score (nSPS) is 10.5. The fourth-order valence-electron chi connectivity index (χ4n) is 2.71. The first kappa shape index (κ1) is 21.5. The lowest BCUT2D eigenvalue weighted by atomic mass is 10.2. The zero-order chi connectivity index (χ0) is 21.5. The molecule has 0 bridgehead atoms. The van der Waals surface area contributed by atoms with Crippen LogP contribution in [0.15, 0.2) is 47.6 Å². The Balaban J connectivity index is 1.56. The Hall–Kier alpha value is -3.20. The van der Waals surface area contributed by atoms with Crippen LogP contribution in [0.1, 0.15) is 11.4 Å². The third-order valence-electron chi connectivity index (χ3n) is 4.44. The minimum absolute atomic E-state index is 0.172. The second-order valence-electron chi connectivity index (χ2n) is 6.58. The number of carbonyl (C=O) groups excluding carboxylic acids is 1. The lowest BCUT2D eigenvalue weighted by Gasteiger charge is -2.11. The first-order valence-corrected chi connectivity index (χ1v) is 10.3. The van der Waals surface area contributed by atoms with E-state index in [0.717, 1.165) is 11.5 Å². The number of rotatable bonds is 9. The number of nitrogens with one attached hydrogen (secondary N) is 2. The van der Waals surface area contributed by atoms with Crippen molar-refractivity contribution in [3.05, 3.63) is 53.9 Å². The number of ether oxygens (including phenoxy) is 2. The van der Waals surface area contributed by atoms with Gasteiger partial charge in [0.05, 0.1) is 32.2 Å². The Morgan fingerprint density at radius 1 is 1.10 bits per heavy atom. The molecule has 8 nitrogen and oxygen atoms in total. The van der Waals surface area contributed by atoms with Gasteiger partial charge >= 0.3 is 0 Å². The summed E-state index contributed by atoms with van der Waals surface area (Å²) in [6.07, 6.45) is 0. The molecule has 0 radical (unpaired) electrons. The summed E-state index contributed by atoms with van der Waals surface area (Å²) in [4.78, 5) is 12.4. The zero-order valence-electron chi connectivity index (χ0n) is 17.4. The van der Waals surface area contributed by atoms with E-state index in [4.69, 9.17) is 9.47 Å². The Bertz CT molecular complexity index is 1000. The third-order valence-corrected chi connectivity index (χ3v) is 5.46. The van der Waals surface area contributed by atoms with Crippen molar-refractivity contribution in [3.8, 4) is 11.5 Å². The largest absolute Gasteiger partial charge is 0.497 e. The number of nitrogens with zero attached hydrogens (tertiary/aromatic N) is 3. The van der Waals surface area contributed by atoms with Crippen LogP contribution in [0, 0.1) is 6.92 Å². The number of carbonyl (C=O) groups is 1. The van der Waals surface area contributed by atoms with Gasteiger partial charge in [0.25, 0.3) is 0 Å². The number of hydrogen-bond acceptors (Lipinski definition) is 7. The van der Waals surface area contributed by atoms with Crippen molar-refractivity contribution in [2.24, 2.45) is 7.05 Å². The predicted molar refractivity (Wildman–Crippen MR) is 118 cm³/mol. The van der Waals surface area contributed by atoms with E-state index in [9.17, 15) is 4.79 Å². The molecule has 3 rings (SSSR count). The number of thioether (sulfide) groups is 1. The molecule has 0 saturated heterocycles. The third kappa shape index (κ3) is 5.44. The van der Waals surface area contributed by atoms with Gasteiger partial charge < -0.3 is 24.7 Å². The highest BCUT2D eigenvalue weighted by molar-refractivity contribution is 7.99. The molecule has 2 N–H and O–H groups in total. The van der Waals surface area contributed by atoms with E-state index in [0.29, 0.717) is 28.9 Å². The lowest BCUT2D eigenvalue weighted by Crippen LogP contribution is -2.15. The Kier molecular flexibility index (Phi) is 7.18. The number of methoxy groups -OCH3 is 2. The number of aryl methyl sites for hydroxylation is 1. The summed E-state index contributed by atoms with van der Waals surface area (Å²) in [5, 5.41) is 15.3. The van der Waals surface area contributed by atoms with Crippen LogP contribution in [-0.4, -0.2) is 40.6 Å². The highest BCUT2D eigenvalue weighted by Crippen LogP contribution is 2.29. The minimum Gasteiger partial charge on any atom is -0.497 e. The summed E-state index contributed by atoms with van der Waals surface area (Å²) in [7, 11) is 5.01. The summed E-state index contributed by atoms with van der Waals surface area (Å²) < 4.78 is 12.4. The molecule has 0 spiro atoms. The molecule has 0 fully saturated rings. The van der Waals surface area contributed by atoms with E-state index in [1.807, 2.05) is 23.7 Å². The van der Waals surface area contributed by atoms with Crippen molar-refractivity contribution >= 4 is 29.0 Å². The van der Waals surface area contributed by atoms with Gasteiger partial charge in [-0.05, 0) is 31.2 Å². The molecule has 1 amide bonds. The summed E-state index contributed by atoms with van der Waals surface area (Å²) >= 11 is 1.32. The molecule has 1 aromatic heterocycles. The molecule has 30 heavy (non-hydrogen) atoms. The highest BCUT2D eigenvalue weighted by Gasteiger charge is 2.13. The maximum absolute atomic E-state index is 12.4. The van der Waals surface area contributed by atoms with Crippen LogP contribution in [0.2, 0.25) is 0 Å². The molecule has 0 saturated carbocycles. The van der Waals surface area contributed by atoms with Gasteiger partial charge in [0.1, 0.15) is 11.5 Å². The van der Waals surface area contributed by atoms with Crippen LogP contribution in [0.3, 0.4) is 0 Å². The van der Waals surface area contributed by atoms with Crippen molar-refractivity contribution in [2.45, 2.75) is 18.6 Å². The quantitative estimate of drug-likeness (QED) is 0.505. The summed E-state index contributed by atoms with van der Waals surface area (Å²) in [6, 6.07) is 13.4. The maximum atomic E-state index is 12.4. The molecule has 0 aliphatic rings. The van der Waals surface area contributed by atoms with Crippen molar-refractivity contribution < 1.29 is 14.3 Å². The van der Waals surface area contributed by atoms with Crippen LogP contribution in [-0.2, 0) is 18.4 Å². The van der Waals surface area contributed by atoms with Gasteiger partial charge in [-0.1, -0.05) is 29.5 Å². The zero-order valence-corrected chi connectivity index (χ0v) is 18.2. The predicted octanol–water partition coefficient (Wildman–Crippen LogP) is 3.48. The number of hydrogen-bond donors (Lipinski definition) is 2. The summed E-state index contributed by atoms with van der Waals surface area (Å²) in [5.41, 5.74) is 2.79. The van der Waals surface area contributed by atoms with E-state index in [-0.39, 0.29) is 11.7 Å². The van der Waals surface area contributed by atoms with E-state index in [2.05, 4.69) is 39.9 Å². The van der Waals surface area contributed by atoms with Crippen LogP contribution < -0.4 is 20.1 Å². The molecule has 1 heterocycles. The van der Waals surface area contributed by atoms with Gasteiger partial charge in [-0.2, -0.15) is 0 Å². The van der Waals surface area contributed by atoms with E-state index in [1.165, 1.54) is 17.3 Å². The fraction of sp³-hybridized carbons (Fsp3) is 0.286.